The Morgan fingerprint density at radius 1 is 1.00 bits per heavy atom. The number of nitrogens with zero attached hydrogens (tertiary/aromatic N) is 1. The molecule has 1 heterocycles. The number of carbonyl (C=O) groups excluding carboxylic acids is 2. The van der Waals surface area contributed by atoms with E-state index >= 15 is 0 Å². The number of anilines is 2. The molecule has 0 unspecified atom stereocenters. The lowest BCUT2D eigenvalue weighted by atomic mass is 10.1. The summed E-state index contributed by atoms with van der Waals surface area (Å²) in [5.74, 6) is -0.190. The standard InChI is InChI=1S/C26H25N3O2S/c1-18-6-2-3-7-22(18)26(31)28-20-12-10-19(11-13-20)17-29-23-8-4-5-9-24(23)32-21(14-15-27)16-25(29)30/h2-13,16H,14-15,17,27H2,1H3,(H,28,31). The first-order valence-corrected chi connectivity index (χ1v) is 11.3. The van der Waals surface area contributed by atoms with E-state index < -0.39 is 0 Å². The van der Waals surface area contributed by atoms with Crippen LogP contribution in [0.4, 0.5) is 11.4 Å². The van der Waals surface area contributed by atoms with Crippen LogP contribution in [0.25, 0.3) is 0 Å². The van der Waals surface area contributed by atoms with Crippen molar-refractivity contribution in [3.05, 3.63) is 100 Å². The van der Waals surface area contributed by atoms with Crippen molar-refractivity contribution < 1.29 is 9.59 Å². The van der Waals surface area contributed by atoms with Crippen LogP contribution in [-0.4, -0.2) is 18.4 Å². The van der Waals surface area contributed by atoms with Gasteiger partial charge in [0.25, 0.3) is 11.8 Å². The molecule has 0 radical (unpaired) electrons. The number of nitrogens with one attached hydrogen (secondary N) is 1. The lowest BCUT2D eigenvalue weighted by Crippen LogP contribution is -2.28. The summed E-state index contributed by atoms with van der Waals surface area (Å²) < 4.78 is 0. The van der Waals surface area contributed by atoms with E-state index in [9.17, 15) is 9.59 Å². The molecule has 1 aliphatic rings. The topological polar surface area (TPSA) is 75.4 Å². The third kappa shape index (κ3) is 4.93. The summed E-state index contributed by atoms with van der Waals surface area (Å²) in [7, 11) is 0. The molecular weight excluding hydrogens is 418 g/mol. The molecule has 0 fully saturated rings. The molecule has 0 saturated heterocycles. The maximum atomic E-state index is 13.0. The van der Waals surface area contributed by atoms with Gasteiger partial charge in [0, 0.05) is 22.2 Å². The first-order valence-electron chi connectivity index (χ1n) is 10.5. The van der Waals surface area contributed by atoms with Gasteiger partial charge in [-0.3, -0.25) is 9.59 Å². The van der Waals surface area contributed by atoms with Crippen molar-refractivity contribution in [1.29, 1.82) is 0 Å². The van der Waals surface area contributed by atoms with Crippen molar-refractivity contribution in [3.63, 3.8) is 0 Å². The number of rotatable bonds is 6. The van der Waals surface area contributed by atoms with E-state index in [-0.39, 0.29) is 11.8 Å². The van der Waals surface area contributed by atoms with Crippen molar-refractivity contribution in [1.82, 2.24) is 0 Å². The molecule has 32 heavy (non-hydrogen) atoms. The molecule has 1 aliphatic heterocycles. The monoisotopic (exact) mass is 443 g/mol. The Morgan fingerprint density at radius 2 is 1.72 bits per heavy atom. The fraction of sp³-hybridized carbons (Fsp3) is 0.154. The second-order valence-corrected chi connectivity index (χ2v) is 8.78. The van der Waals surface area contributed by atoms with Gasteiger partial charge in [-0.1, -0.05) is 54.2 Å². The maximum absolute atomic E-state index is 13.0. The highest BCUT2D eigenvalue weighted by molar-refractivity contribution is 8.03. The number of hydrogen-bond donors (Lipinski definition) is 2. The fourth-order valence-corrected chi connectivity index (χ4v) is 4.69. The van der Waals surface area contributed by atoms with Crippen molar-refractivity contribution >= 4 is 35.0 Å². The molecular formula is C26H25N3O2S. The Morgan fingerprint density at radius 3 is 2.47 bits per heavy atom. The van der Waals surface area contributed by atoms with Gasteiger partial charge in [-0.15, -0.1) is 0 Å². The molecule has 6 heteroatoms. The summed E-state index contributed by atoms with van der Waals surface area (Å²) in [6.45, 7) is 2.86. The van der Waals surface area contributed by atoms with Crippen LogP contribution in [0.15, 0.2) is 88.7 Å². The summed E-state index contributed by atoms with van der Waals surface area (Å²) in [5.41, 5.74) is 9.88. The third-order valence-corrected chi connectivity index (χ3v) is 6.43. The molecule has 0 atom stereocenters. The Labute approximate surface area is 192 Å². The van der Waals surface area contributed by atoms with Gasteiger partial charge in [0.1, 0.15) is 0 Å². The molecule has 0 bridgehead atoms. The smallest absolute Gasteiger partial charge is 0.255 e. The Bertz CT molecular complexity index is 1170. The van der Waals surface area contributed by atoms with E-state index in [1.807, 2.05) is 79.7 Å². The first-order chi connectivity index (χ1) is 15.5. The number of hydrogen-bond acceptors (Lipinski definition) is 4. The van der Waals surface area contributed by atoms with E-state index in [4.69, 9.17) is 5.73 Å². The van der Waals surface area contributed by atoms with Gasteiger partial charge in [0.05, 0.1) is 12.2 Å². The van der Waals surface area contributed by atoms with Gasteiger partial charge in [-0.25, -0.2) is 0 Å². The van der Waals surface area contributed by atoms with Crippen LogP contribution < -0.4 is 16.0 Å². The zero-order chi connectivity index (χ0) is 22.5. The molecule has 0 aliphatic carbocycles. The SMILES string of the molecule is Cc1ccccc1C(=O)Nc1ccc(CN2C(=O)C=C(CCN)Sc3ccccc32)cc1. The number of amides is 2. The van der Waals surface area contributed by atoms with Crippen LogP contribution in [0.3, 0.4) is 0 Å². The zero-order valence-corrected chi connectivity index (χ0v) is 18.7. The molecule has 0 aromatic heterocycles. The van der Waals surface area contributed by atoms with Crippen molar-refractivity contribution in [2.75, 3.05) is 16.8 Å². The summed E-state index contributed by atoms with van der Waals surface area (Å²) >= 11 is 1.60. The predicted octanol–water partition coefficient (Wildman–Crippen LogP) is 5.12. The minimum Gasteiger partial charge on any atom is -0.330 e. The lowest BCUT2D eigenvalue weighted by molar-refractivity contribution is -0.114. The van der Waals surface area contributed by atoms with Crippen LogP contribution in [0.2, 0.25) is 0 Å². The number of carbonyl (C=O) groups is 2. The Balaban J connectivity index is 1.52. The molecule has 4 rings (SSSR count). The van der Waals surface area contributed by atoms with E-state index in [1.165, 1.54) is 0 Å². The molecule has 3 aromatic rings. The van der Waals surface area contributed by atoms with Crippen molar-refractivity contribution in [3.8, 4) is 0 Å². The molecule has 2 amide bonds. The summed E-state index contributed by atoms with van der Waals surface area (Å²) in [4.78, 5) is 29.4. The summed E-state index contributed by atoms with van der Waals surface area (Å²) in [6, 6.07) is 23.0. The van der Waals surface area contributed by atoms with Gasteiger partial charge in [0.2, 0.25) is 0 Å². The fourth-order valence-electron chi connectivity index (χ4n) is 3.60. The zero-order valence-electron chi connectivity index (χ0n) is 17.9. The Kier molecular flexibility index (Phi) is 6.73. The normalized spacial score (nSPS) is 13.2. The highest BCUT2D eigenvalue weighted by Crippen LogP contribution is 2.39. The number of para-hydroxylation sites is 1. The molecule has 3 N–H and O–H groups in total. The van der Waals surface area contributed by atoms with Crippen LogP contribution in [0, 0.1) is 6.92 Å². The predicted molar refractivity (Wildman–Crippen MR) is 131 cm³/mol. The second kappa shape index (κ2) is 9.85. The number of thioether (sulfide) groups is 1. The van der Waals surface area contributed by atoms with Crippen molar-refractivity contribution in [2.45, 2.75) is 24.8 Å². The molecule has 3 aromatic carbocycles. The van der Waals surface area contributed by atoms with Gasteiger partial charge in [-0.05, 0) is 66.3 Å². The number of nitrogens with two attached hydrogens (primary N) is 1. The third-order valence-electron chi connectivity index (χ3n) is 5.28. The van der Waals surface area contributed by atoms with Gasteiger partial charge < -0.3 is 16.0 Å². The number of benzene rings is 3. The number of aryl methyl sites for hydroxylation is 1. The minimum atomic E-state index is -0.137. The lowest BCUT2D eigenvalue weighted by Gasteiger charge is -2.22. The van der Waals surface area contributed by atoms with Crippen LogP contribution in [-0.2, 0) is 11.3 Å². The van der Waals surface area contributed by atoms with Crippen LogP contribution in [0.5, 0.6) is 0 Å². The van der Waals surface area contributed by atoms with Gasteiger partial charge in [0.15, 0.2) is 0 Å². The van der Waals surface area contributed by atoms with E-state index in [0.717, 1.165) is 26.6 Å². The maximum Gasteiger partial charge on any atom is 0.255 e. The largest absolute Gasteiger partial charge is 0.330 e. The Hall–Kier alpha value is -3.35. The van der Waals surface area contributed by atoms with Crippen LogP contribution in [0.1, 0.15) is 27.9 Å². The van der Waals surface area contributed by atoms with E-state index in [1.54, 1.807) is 22.7 Å². The van der Waals surface area contributed by atoms with E-state index in [2.05, 4.69) is 5.32 Å². The quantitative estimate of drug-likeness (QED) is 0.555. The van der Waals surface area contributed by atoms with Gasteiger partial charge in [-0.2, -0.15) is 0 Å². The first kappa shape index (κ1) is 21.9. The summed E-state index contributed by atoms with van der Waals surface area (Å²) in [6.07, 6.45) is 2.36. The van der Waals surface area contributed by atoms with Crippen molar-refractivity contribution in [2.24, 2.45) is 5.73 Å². The second-order valence-electron chi connectivity index (χ2n) is 7.61. The molecule has 5 nitrogen and oxygen atoms in total. The summed E-state index contributed by atoms with van der Waals surface area (Å²) in [5, 5.41) is 2.94. The minimum absolute atomic E-state index is 0.0529. The van der Waals surface area contributed by atoms with E-state index in [0.29, 0.717) is 30.8 Å². The van der Waals surface area contributed by atoms with Gasteiger partial charge >= 0.3 is 0 Å². The number of fused-ring (bicyclic) bond motifs is 1. The highest BCUT2D eigenvalue weighted by Gasteiger charge is 2.22. The highest BCUT2D eigenvalue weighted by atomic mass is 32.2. The van der Waals surface area contributed by atoms with Crippen LogP contribution >= 0.6 is 11.8 Å². The molecule has 162 valence electrons. The average molecular weight is 444 g/mol. The molecule has 0 spiro atoms. The molecule has 0 saturated carbocycles. The average Bonchev–Trinajstić information content (AvgIpc) is 2.91.